The van der Waals surface area contributed by atoms with E-state index in [0.29, 0.717) is 18.5 Å². The number of aliphatic carboxylic acids is 2. The molecule has 0 amide bonds. The van der Waals surface area contributed by atoms with Gasteiger partial charge in [-0.25, -0.2) is 14.6 Å². The number of nitrogens with two attached hydrogens (primary N) is 4. The van der Waals surface area contributed by atoms with Gasteiger partial charge in [-0.1, -0.05) is 60.7 Å². The van der Waals surface area contributed by atoms with Crippen molar-refractivity contribution in [3.8, 4) is 5.75 Å². The topological polar surface area (TPSA) is 287 Å². The highest BCUT2D eigenvalue weighted by molar-refractivity contribution is 5.91. The highest BCUT2D eigenvalue weighted by Gasteiger charge is 2.24. The molecule has 0 aliphatic carbocycles. The van der Waals surface area contributed by atoms with Gasteiger partial charge >= 0.3 is 23.9 Å². The van der Waals surface area contributed by atoms with Gasteiger partial charge in [0.25, 0.3) is 0 Å². The average Bonchev–Trinajstić information content (AvgIpc) is 3.77. The maximum absolute atomic E-state index is 11.8. The number of phenolic OH excluding ortho intramolecular Hbond substituents is 1. The third-order valence-corrected chi connectivity index (χ3v) is 7.24. The summed E-state index contributed by atoms with van der Waals surface area (Å²) in [6, 6.07) is 19.7. The van der Waals surface area contributed by atoms with Crippen LogP contribution in [0.5, 0.6) is 5.75 Å². The quantitative estimate of drug-likeness (QED) is 0.0663. The second kappa shape index (κ2) is 19.2. The number of imidazole rings is 1. The molecule has 5 rings (SSSR count). The van der Waals surface area contributed by atoms with Gasteiger partial charge in [0.2, 0.25) is 0 Å². The zero-order valence-electron chi connectivity index (χ0n) is 27.0. The fraction of sp³-hybridized carbons (Fsp3) is 0.229. The molecule has 0 saturated carbocycles. The first kappa shape index (κ1) is 38.6. The third kappa shape index (κ3) is 12.6. The number of H-pyrrole nitrogens is 2. The van der Waals surface area contributed by atoms with Crippen molar-refractivity contribution in [2.24, 2.45) is 22.9 Å². The molecular weight excluding hydrogens is 646 g/mol. The summed E-state index contributed by atoms with van der Waals surface area (Å²) < 4.78 is 4.73. The number of nitrogens with one attached hydrogen (secondary N) is 2. The van der Waals surface area contributed by atoms with E-state index < -0.39 is 48.0 Å². The van der Waals surface area contributed by atoms with Gasteiger partial charge in [-0.2, -0.15) is 0 Å². The van der Waals surface area contributed by atoms with Gasteiger partial charge in [-0.05, 0) is 47.7 Å². The maximum atomic E-state index is 11.8. The molecule has 0 aliphatic rings. The summed E-state index contributed by atoms with van der Waals surface area (Å²) in [6.07, 6.45) is 5.97. The lowest BCUT2D eigenvalue weighted by atomic mass is 10.1. The number of carbonyl (C=O) groups is 4. The number of fused-ring (bicyclic) bond motifs is 1. The van der Waals surface area contributed by atoms with Crippen LogP contribution in [-0.2, 0) is 49.6 Å². The summed E-state index contributed by atoms with van der Waals surface area (Å²) in [6.45, 7) is 0. The van der Waals surface area contributed by atoms with Crippen LogP contribution in [0.2, 0.25) is 0 Å². The number of esters is 2. The van der Waals surface area contributed by atoms with Crippen molar-refractivity contribution in [3.63, 3.8) is 0 Å². The summed E-state index contributed by atoms with van der Waals surface area (Å²) in [5.74, 6) is -3.42. The minimum Gasteiger partial charge on any atom is -0.508 e. The van der Waals surface area contributed by atoms with Crippen LogP contribution < -0.4 is 22.9 Å². The van der Waals surface area contributed by atoms with E-state index in [0.717, 1.165) is 27.6 Å². The number of nitrogens with zero attached hydrogens (tertiary/aromatic N) is 1. The minimum absolute atomic E-state index is 0.160. The smallest absolute Gasteiger partial charge is 0.330 e. The molecule has 0 radical (unpaired) electrons. The zero-order valence-corrected chi connectivity index (χ0v) is 27.0. The minimum atomic E-state index is -1.02. The third-order valence-electron chi connectivity index (χ3n) is 7.24. The first-order valence-electron chi connectivity index (χ1n) is 15.4. The molecular formula is C35H41N7O8. The number of ether oxygens (including phenoxy) is 1. The normalized spacial score (nSPS) is 13.0. The molecule has 5 aromatic rings. The Labute approximate surface area is 287 Å². The number of para-hydroxylation sites is 1. The number of carboxylic acids is 2. The van der Waals surface area contributed by atoms with E-state index in [1.54, 1.807) is 18.3 Å². The molecule has 0 saturated heterocycles. The highest BCUT2D eigenvalue weighted by Crippen LogP contribution is 2.18. The summed E-state index contributed by atoms with van der Waals surface area (Å²) in [5, 5.41) is 27.2. The van der Waals surface area contributed by atoms with E-state index in [-0.39, 0.29) is 18.6 Å². The predicted molar refractivity (Wildman–Crippen MR) is 185 cm³/mol. The van der Waals surface area contributed by atoms with E-state index in [2.05, 4.69) is 15.0 Å². The van der Waals surface area contributed by atoms with Gasteiger partial charge in [0.15, 0.2) is 0 Å². The van der Waals surface area contributed by atoms with Gasteiger partial charge in [-0.3, -0.25) is 9.59 Å². The zero-order chi connectivity index (χ0) is 36.6. The number of hydrogen-bond donors (Lipinski definition) is 9. The van der Waals surface area contributed by atoms with Crippen molar-refractivity contribution in [2.45, 2.75) is 49.9 Å². The number of carboxylic acid groups (broad SMARTS) is 2. The standard InChI is InChI=1S/C15H18N4O3.C11H12N2O2.C9H11NO3/c16-12(6-10-4-2-1-3-5-10)14(20)22-15(21)13(17)7-11-8-18-9-19-11;12-9(11(14)15)5-7-6-13-10-4-2-1-3-8(7)10;10-8(9(12)13)5-6-1-3-7(11)4-2-6/h1-5,8-9,12-13H,6-7,16-17H2,(H,18,19);1-4,6,9,13H,5,12H2,(H,14,15);1-4,8,11H,5,10H2,(H,12,13)/t12-,13-;9-;8-/m000/s1. The Kier molecular flexibility index (Phi) is 14.8. The van der Waals surface area contributed by atoms with Crippen molar-refractivity contribution in [1.29, 1.82) is 0 Å². The van der Waals surface area contributed by atoms with Gasteiger partial charge in [0.05, 0.1) is 6.33 Å². The SMILES string of the molecule is N[C@@H](Cc1c[nH]c2ccccc12)C(=O)O.N[C@@H](Cc1ccc(O)cc1)C(=O)O.N[C@@H](Cc1ccccc1)C(=O)OC(=O)[C@@H](N)Cc1cnc[nH]1. The van der Waals surface area contributed by atoms with E-state index in [1.807, 2.05) is 60.8 Å². The lowest BCUT2D eigenvalue weighted by molar-refractivity contribution is -0.161. The van der Waals surface area contributed by atoms with Gasteiger partial charge < -0.3 is 53.0 Å². The molecule has 0 fully saturated rings. The summed E-state index contributed by atoms with van der Waals surface area (Å²) >= 11 is 0. The van der Waals surface area contributed by atoms with Crippen LogP contribution in [0.25, 0.3) is 10.9 Å². The monoisotopic (exact) mass is 687 g/mol. The van der Waals surface area contributed by atoms with Crippen LogP contribution in [0.15, 0.2) is 97.6 Å². The molecule has 0 aliphatic heterocycles. The molecule has 2 heterocycles. The highest BCUT2D eigenvalue weighted by atomic mass is 16.6. The number of aromatic amines is 2. The Balaban J connectivity index is 0.000000212. The molecule has 2 aromatic heterocycles. The first-order valence-corrected chi connectivity index (χ1v) is 15.4. The Bertz CT molecular complexity index is 1810. The first-order chi connectivity index (χ1) is 23.8. The Morgan fingerprint density at radius 1 is 0.660 bits per heavy atom. The summed E-state index contributed by atoms with van der Waals surface area (Å²) in [5.41, 5.74) is 26.6. The van der Waals surface area contributed by atoms with Crippen molar-refractivity contribution >= 4 is 34.8 Å². The Morgan fingerprint density at radius 2 is 1.20 bits per heavy atom. The number of aromatic hydroxyl groups is 1. The molecule has 50 heavy (non-hydrogen) atoms. The molecule has 15 nitrogen and oxygen atoms in total. The lowest BCUT2D eigenvalue weighted by Crippen LogP contribution is -2.41. The van der Waals surface area contributed by atoms with Crippen LogP contribution in [0, 0.1) is 0 Å². The van der Waals surface area contributed by atoms with Crippen molar-refractivity contribution in [3.05, 3.63) is 120 Å². The molecule has 0 unspecified atom stereocenters. The fourth-order valence-electron chi connectivity index (χ4n) is 4.52. The Morgan fingerprint density at radius 3 is 1.80 bits per heavy atom. The second-order valence-electron chi connectivity index (χ2n) is 11.2. The molecule has 15 heteroatoms. The Hall–Kier alpha value is -5.87. The average molecular weight is 688 g/mol. The van der Waals surface area contributed by atoms with E-state index in [4.69, 9.17) is 43.0 Å². The molecule has 13 N–H and O–H groups in total. The van der Waals surface area contributed by atoms with Crippen LogP contribution in [0.3, 0.4) is 0 Å². The maximum Gasteiger partial charge on any atom is 0.330 e. The summed E-state index contributed by atoms with van der Waals surface area (Å²) in [4.78, 5) is 54.3. The second-order valence-corrected chi connectivity index (χ2v) is 11.2. The lowest BCUT2D eigenvalue weighted by Gasteiger charge is -2.13. The van der Waals surface area contributed by atoms with E-state index >= 15 is 0 Å². The van der Waals surface area contributed by atoms with Crippen LogP contribution >= 0.6 is 0 Å². The van der Waals surface area contributed by atoms with E-state index in [1.165, 1.54) is 18.5 Å². The molecule has 4 atom stereocenters. The number of rotatable bonds is 12. The van der Waals surface area contributed by atoms with Crippen LogP contribution in [-0.4, -0.2) is 78.3 Å². The number of carbonyl (C=O) groups excluding carboxylic acids is 2. The number of benzene rings is 3. The molecule has 3 aromatic carbocycles. The summed E-state index contributed by atoms with van der Waals surface area (Å²) in [7, 11) is 0. The number of aromatic nitrogens is 3. The van der Waals surface area contributed by atoms with Crippen LogP contribution in [0.1, 0.15) is 22.4 Å². The number of phenols is 1. The molecule has 264 valence electrons. The van der Waals surface area contributed by atoms with E-state index in [9.17, 15) is 19.2 Å². The van der Waals surface area contributed by atoms with Gasteiger partial charge in [-0.15, -0.1) is 0 Å². The molecule has 0 bridgehead atoms. The van der Waals surface area contributed by atoms with Crippen molar-refractivity contribution < 1.29 is 39.2 Å². The van der Waals surface area contributed by atoms with Crippen molar-refractivity contribution in [2.75, 3.05) is 0 Å². The molecule has 0 spiro atoms. The largest absolute Gasteiger partial charge is 0.508 e. The van der Waals surface area contributed by atoms with Gasteiger partial charge in [0.1, 0.15) is 29.9 Å². The van der Waals surface area contributed by atoms with Gasteiger partial charge in [0, 0.05) is 41.8 Å². The number of hydrogen-bond acceptors (Lipinski definition) is 11. The fourth-order valence-corrected chi connectivity index (χ4v) is 4.52. The van der Waals surface area contributed by atoms with Crippen LogP contribution in [0.4, 0.5) is 0 Å². The predicted octanol–water partition coefficient (Wildman–Crippen LogP) is 1.39. The van der Waals surface area contributed by atoms with Crippen molar-refractivity contribution in [1.82, 2.24) is 15.0 Å².